The van der Waals surface area contributed by atoms with Crippen molar-refractivity contribution < 1.29 is 19.1 Å². The Morgan fingerprint density at radius 3 is 1.79 bits per heavy atom. The summed E-state index contributed by atoms with van der Waals surface area (Å²) in [4.78, 5) is 38.6. The van der Waals surface area contributed by atoms with E-state index in [2.05, 4.69) is 10.6 Å². The zero-order valence-corrected chi connectivity index (χ0v) is 22.9. The number of rotatable bonds is 10. The number of amides is 2. The van der Waals surface area contributed by atoms with E-state index in [1.54, 1.807) is 0 Å². The van der Waals surface area contributed by atoms with Crippen molar-refractivity contribution in [1.82, 2.24) is 10.6 Å². The topological polar surface area (TPSA) is 111 Å². The van der Waals surface area contributed by atoms with Gasteiger partial charge < -0.3 is 21.1 Å². The number of nitrogens with one attached hydrogen (secondary N) is 2. The normalized spacial score (nSPS) is 29.7. The summed E-state index contributed by atoms with van der Waals surface area (Å²) in [5, 5.41) is 6.54. The third-order valence-corrected chi connectivity index (χ3v) is 9.05. The molecular formula is C31H47N3O4. The van der Waals surface area contributed by atoms with Crippen LogP contribution in [0.15, 0.2) is 30.3 Å². The number of hydrogen-bond acceptors (Lipinski definition) is 5. The molecule has 38 heavy (non-hydrogen) atoms. The third-order valence-electron chi connectivity index (χ3n) is 9.05. The van der Waals surface area contributed by atoms with Gasteiger partial charge in [0.1, 0.15) is 6.61 Å². The molecular weight excluding hydrogens is 478 g/mol. The third kappa shape index (κ3) is 8.82. The van der Waals surface area contributed by atoms with Crippen LogP contribution in [0.4, 0.5) is 0 Å². The standard InChI is InChI=1S/C31H47N3O4/c32-26-15-7-4-12-23(26)18-29(35)33-27-16-8-5-13-24(27)19-30(36)34-28-17-9-6-14-25(28)20-31(37)38-21-22-10-2-1-3-11-22/h1-3,10-11,23-28H,4-9,12-21,32H2,(H,33,35)(H,34,36). The van der Waals surface area contributed by atoms with Gasteiger partial charge in [0, 0.05) is 31.0 Å². The molecule has 2 amide bonds. The van der Waals surface area contributed by atoms with Crippen LogP contribution in [0.5, 0.6) is 0 Å². The second-order valence-corrected chi connectivity index (χ2v) is 11.9. The van der Waals surface area contributed by atoms with Gasteiger partial charge >= 0.3 is 5.97 Å². The largest absolute Gasteiger partial charge is 0.461 e. The maximum atomic E-state index is 13.2. The highest BCUT2D eigenvalue weighted by Gasteiger charge is 2.33. The van der Waals surface area contributed by atoms with E-state index in [1.807, 2.05) is 30.3 Å². The summed E-state index contributed by atoms with van der Waals surface area (Å²) in [6, 6.07) is 9.89. The molecule has 0 aliphatic heterocycles. The lowest BCUT2D eigenvalue weighted by atomic mass is 9.80. The first kappa shape index (κ1) is 28.6. The maximum absolute atomic E-state index is 13.2. The van der Waals surface area contributed by atoms with Crippen molar-refractivity contribution >= 4 is 17.8 Å². The Labute approximate surface area is 228 Å². The number of hydrogen-bond donors (Lipinski definition) is 3. The van der Waals surface area contributed by atoms with Crippen LogP contribution in [0.25, 0.3) is 0 Å². The molecule has 0 spiro atoms. The molecule has 6 atom stereocenters. The van der Waals surface area contributed by atoms with Gasteiger partial charge in [-0.15, -0.1) is 0 Å². The zero-order chi connectivity index (χ0) is 26.7. The van der Waals surface area contributed by atoms with Crippen molar-refractivity contribution in [3.63, 3.8) is 0 Å². The molecule has 7 heteroatoms. The quantitative estimate of drug-likeness (QED) is 0.381. The molecule has 6 unspecified atom stereocenters. The monoisotopic (exact) mass is 525 g/mol. The predicted octanol–water partition coefficient (Wildman–Crippen LogP) is 4.77. The number of nitrogens with two attached hydrogens (primary N) is 1. The summed E-state index contributed by atoms with van der Waals surface area (Å²) in [6.45, 7) is 0.283. The smallest absolute Gasteiger partial charge is 0.306 e. The Bertz CT molecular complexity index is 908. The van der Waals surface area contributed by atoms with E-state index in [0.717, 1.165) is 82.6 Å². The zero-order valence-electron chi connectivity index (χ0n) is 22.9. The van der Waals surface area contributed by atoms with Crippen molar-refractivity contribution in [2.75, 3.05) is 0 Å². The molecule has 3 aliphatic rings. The molecule has 0 bridgehead atoms. The van der Waals surface area contributed by atoms with Crippen molar-refractivity contribution in [2.45, 2.75) is 121 Å². The van der Waals surface area contributed by atoms with E-state index >= 15 is 0 Å². The fourth-order valence-electron chi connectivity index (χ4n) is 6.79. The Morgan fingerprint density at radius 1 is 0.684 bits per heavy atom. The Balaban J connectivity index is 1.24. The Hall–Kier alpha value is -2.41. The molecule has 210 valence electrons. The van der Waals surface area contributed by atoms with Gasteiger partial charge in [-0.05, 0) is 61.8 Å². The molecule has 3 aliphatic carbocycles. The molecule has 0 aromatic heterocycles. The Morgan fingerprint density at radius 2 is 1.18 bits per heavy atom. The molecule has 1 aromatic carbocycles. The molecule has 3 saturated carbocycles. The van der Waals surface area contributed by atoms with E-state index < -0.39 is 0 Å². The SMILES string of the molecule is NC1CCCCC1CC(=O)NC1CCCCC1CC(=O)NC1CCCCC1CC(=O)OCc1ccccc1. The molecule has 4 rings (SSSR count). The van der Waals surface area contributed by atoms with Gasteiger partial charge in [0.2, 0.25) is 11.8 Å². The number of esters is 1. The minimum atomic E-state index is -0.201. The fraction of sp³-hybridized carbons (Fsp3) is 0.710. The second kappa shape index (κ2) is 14.7. The van der Waals surface area contributed by atoms with Crippen LogP contribution >= 0.6 is 0 Å². The van der Waals surface area contributed by atoms with Crippen LogP contribution in [0.1, 0.15) is 102 Å². The number of carbonyl (C=O) groups is 3. The van der Waals surface area contributed by atoms with Crippen LogP contribution in [0.3, 0.4) is 0 Å². The maximum Gasteiger partial charge on any atom is 0.306 e. The van der Waals surface area contributed by atoms with Crippen molar-refractivity contribution in [1.29, 1.82) is 0 Å². The summed E-state index contributed by atoms with van der Waals surface area (Å²) in [5.74, 6) is 0.471. The number of carbonyl (C=O) groups excluding carboxylic acids is 3. The summed E-state index contributed by atoms with van der Waals surface area (Å²) in [7, 11) is 0. The van der Waals surface area contributed by atoms with Gasteiger partial charge in [-0.3, -0.25) is 14.4 Å². The van der Waals surface area contributed by atoms with E-state index in [9.17, 15) is 14.4 Å². The van der Waals surface area contributed by atoms with Crippen LogP contribution in [-0.4, -0.2) is 35.9 Å². The average molecular weight is 526 g/mol. The highest BCUT2D eigenvalue weighted by atomic mass is 16.5. The highest BCUT2D eigenvalue weighted by Crippen LogP contribution is 2.31. The fourth-order valence-corrected chi connectivity index (χ4v) is 6.79. The minimum absolute atomic E-state index is 0.00458. The number of benzene rings is 1. The summed E-state index contributed by atoms with van der Waals surface area (Å²) in [6.07, 6.45) is 13.7. The molecule has 4 N–H and O–H groups in total. The van der Waals surface area contributed by atoms with Crippen LogP contribution < -0.4 is 16.4 Å². The predicted molar refractivity (Wildman–Crippen MR) is 148 cm³/mol. The lowest BCUT2D eigenvalue weighted by Gasteiger charge is -2.35. The lowest BCUT2D eigenvalue weighted by molar-refractivity contribution is -0.147. The van der Waals surface area contributed by atoms with Crippen LogP contribution in [-0.2, 0) is 25.7 Å². The van der Waals surface area contributed by atoms with E-state index in [0.29, 0.717) is 19.3 Å². The van der Waals surface area contributed by atoms with Crippen molar-refractivity contribution in [3.8, 4) is 0 Å². The molecule has 0 saturated heterocycles. The summed E-state index contributed by atoms with van der Waals surface area (Å²) in [5.41, 5.74) is 7.24. The molecule has 3 fully saturated rings. The second-order valence-electron chi connectivity index (χ2n) is 11.9. The summed E-state index contributed by atoms with van der Waals surface area (Å²) >= 11 is 0. The first-order valence-corrected chi connectivity index (χ1v) is 15.0. The lowest BCUT2D eigenvalue weighted by Crippen LogP contribution is -2.47. The number of ether oxygens (including phenoxy) is 1. The van der Waals surface area contributed by atoms with Crippen molar-refractivity contribution in [3.05, 3.63) is 35.9 Å². The van der Waals surface area contributed by atoms with E-state index in [1.165, 1.54) is 0 Å². The van der Waals surface area contributed by atoms with E-state index in [4.69, 9.17) is 10.5 Å². The van der Waals surface area contributed by atoms with Gasteiger partial charge in [0.25, 0.3) is 0 Å². The average Bonchev–Trinajstić information content (AvgIpc) is 2.92. The van der Waals surface area contributed by atoms with Crippen LogP contribution in [0, 0.1) is 17.8 Å². The summed E-state index contributed by atoms with van der Waals surface area (Å²) < 4.78 is 5.52. The molecule has 0 heterocycles. The first-order valence-electron chi connectivity index (χ1n) is 15.0. The molecule has 1 aromatic rings. The highest BCUT2D eigenvalue weighted by molar-refractivity contribution is 5.78. The Kier molecular flexibility index (Phi) is 11.0. The van der Waals surface area contributed by atoms with Gasteiger partial charge in [-0.1, -0.05) is 68.9 Å². The van der Waals surface area contributed by atoms with Gasteiger partial charge in [0.05, 0.1) is 6.42 Å². The van der Waals surface area contributed by atoms with Gasteiger partial charge in [-0.25, -0.2) is 0 Å². The van der Waals surface area contributed by atoms with Crippen LogP contribution in [0.2, 0.25) is 0 Å². The van der Waals surface area contributed by atoms with Gasteiger partial charge in [-0.2, -0.15) is 0 Å². The van der Waals surface area contributed by atoms with Gasteiger partial charge in [0.15, 0.2) is 0 Å². The van der Waals surface area contributed by atoms with E-state index in [-0.39, 0.29) is 60.3 Å². The molecule has 7 nitrogen and oxygen atoms in total. The van der Waals surface area contributed by atoms with Crippen molar-refractivity contribution in [2.24, 2.45) is 23.5 Å². The first-order chi connectivity index (χ1) is 18.5. The minimum Gasteiger partial charge on any atom is -0.461 e. The molecule has 0 radical (unpaired) electrons.